The lowest BCUT2D eigenvalue weighted by molar-refractivity contribution is -0.136. The fourth-order valence-corrected chi connectivity index (χ4v) is 3.00. The topological polar surface area (TPSA) is 68.5 Å². The maximum Gasteiger partial charge on any atom is 0.248 e. The molecular formula is C16H18BrN3O3. The molecule has 0 spiro atoms. The van der Waals surface area contributed by atoms with Gasteiger partial charge in [-0.2, -0.15) is 4.98 Å². The number of carbonyl (C=O) groups excluding carboxylic acids is 1. The van der Waals surface area contributed by atoms with E-state index in [9.17, 15) is 4.79 Å². The van der Waals surface area contributed by atoms with Crippen molar-refractivity contribution in [3.8, 4) is 11.4 Å². The SMILES string of the molecule is COCC(=O)N1CCCC(c2nc(-c3ccc(Br)cc3)no2)C1. The molecular weight excluding hydrogens is 362 g/mol. The van der Waals surface area contributed by atoms with Crippen molar-refractivity contribution in [2.75, 3.05) is 26.8 Å². The van der Waals surface area contributed by atoms with Gasteiger partial charge in [-0.1, -0.05) is 21.1 Å². The van der Waals surface area contributed by atoms with Gasteiger partial charge in [0.25, 0.3) is 0 Å². The van der Waals surface area contributed by atoms with Crippen molar-refractivity contribution in [2.45, 2.75) is 18.8 Å². The van der Waals surface area contributed by atoms with E-state index in [-0.39, 0.29) is 18.4 Å². The van der Waals surface area contributed by atoms with Crippen molar-refractivity contribution in [1.29, 1.82) is 0 Å². The number of halogens is 1. The number of hydrogen-bond acceptors (Lipinski definition) is 5. The molecule has 1 atom stereocenters. The first-order valence-electron chi connectivity index (χ1n) is 7.53. The second kappa shape index (κ2) is 7.23. The lowest BCUT2D eigenvalue weighted by atomic mass is 9.98. The van der Waals surface area contributed by atoms with Crippen LogP contribution in [0.15, 0.2) is 33.3 Å². The lowest BCUT2D eigenvalue weighted by Crippen LogP contribution is -2.40. The van der Waals surface area contributed by atoms with Gasteiger partial charge < -0.3 is 14.2 Å². The standard InChI is InChI=1S/C16H18BrN3O3/c1-22-10-14(21)20-8-2-3-12(9-20)16-18-15(19-23-16)11-4-6-13(17)7-5-11/h4-7,12H,2-3,8-10H2,1H3. The summed E-state index contributed by atoms with van der Waals surface area (Å²) in [7, 11) is 1.53. The fraction of sp³-hybridized carbons (Fsp3) is 0.438. The third-order valence-corrected chi connectivity index (χ3v) is 4.46. The molecule has 1 aromatic carbocycles. The van der Waals surface area contributed by atoms with E-state index in [1.54, 1.807) is 4.90 Å². The first-order chi connectivity index (χ1) is 11.2. The van der Waals surface area contributed by atoms with Crippen LogP contribution in [0.1, 0.15) is 24.7 Å². The first-order valence-corrected chi connectivity index (χ1v) is 8.33. The van der Waals surface area contributed by atoms with Gasteiger partial charge in [0.2, 0.25) is 17.6 Å². The molecule has 1 aliphatic rings. The molecule has 0 saturated carbocycles. The average molecular weight is 380 g/mol. The Balaban J connectivity index is 1.72. The predicted octanol–water partition coefficient (Wildman–Crippen LogP) is 2.85. The van der Waals surface area contributed by atoms with Crippen molar-refractivity contribution in [2.24, 2.45) is 0 Å². The van der Waals surface area contributed by atoms with Crippen LogP contribution in [0, 0.1) is 0 Å². The Morgan fingerprint density at radius 3 is 2.96 bits per heavy atom. The number of hydrogen-bond donors (Lipinski definition) is 0. The third kappa shape index (κ3) is 3.79. The number of likely N-dealkylation sites (tertiary alicyclic amines) is 1. The summed E-state index contributed by atoms with van der Waals surface area (Å²) in [6.45, 7) is 1.47. The number of benzene rings is 1. The van der Waals surface area contributed by atoms with Crippen molar-refractivity contribution < 1.29 is 14.1 Å². The van der Waals surface area contributed by atoms with Gasteiger partial charge in [-0.25, -0.2) is 0 Å². The van der Waals surface area contributed by atoms with Gasteiger partial charge in [0.15, 0.2) is 0 Å². The van der Waals surface area contributed by atoms with Crippen molar-refractivity contribution in [3.05, 3.63) is 34.6 Å². The van der Waals surface area contributed by atoms with Crippen LogP contribution in [0.2, 0.25) is 0 Å². The molecule has 1 fully saturated rings. The Morgan fingerprint density at radius 2 is 2.22 bits per heavy atom. The highest BCUT2D eigenvalue weighted by Crippen LogP contribution is 2.28. The Hall–Kier alpha value is -1.73. The monoisotopic (exact) mass is 379 g/mol. The van der Waals surface area contributed by atoms with Crippen LogP contribution in [0.3, 0.4) is 0 Å². The normalized spacial score (nSPS) is 18.2. The molecule has 6 nitrogen and oxygen atoms in total. The highest BCUT2D eigenvalue weighted by molar-refractivity contribution is 9.10. The van der Waals surface area contributed by atoms with E-state index in [0.29, 0.717) is 18.3 Å². The van der Waals surface area contributed by atoms with E-state index in [4.69, 9.17) is 9.26 Å². The highest BCUT2D eigenvalue weighted by atomic mass is 79.9. The number of carbonyl (C=O) groups is 1. The zero-order chi connectivity index (χ0) is 16.2. The van der Waals surface area contributed by atoms with Crippen LogP contribution in [0.4, 0.5) is 0 Å². The molecule has 7 heteroatoms. The largest absolute Gasteiger partial charge is 0.375 e. The van der Waals surface area contributed by atoms with Gasteiger partial charge in [-0.15, -0.1) is 0 Å². The quantitative estimate of drug-likeness (QED) is 0.816. The average Bonchev–Trinajstić information content (AvgIpc) is 3.06. The summed E-state index contributed by atoms with van der Waals surface area (Å²) in [5, 5.41) is 4.07. The Morgan fingerprint density at radius 1 is 1.43 bits per heavy atom. The Bertz CT molecular complexity index is 671. The summed E-state index contributed by atoms with van der Waals surface area (Å²) < 4.78 is 11.4. The number of methoxy groups -OCH3 is 1. The smallest absolute Gasteiger partial charge is 0.248 e. The molecule has 122 valence electrons. The summed E-state index contributed by atoms with van der Waals surface area (Å²) in [6, 6.07) is 7.76. The van der Waals surface area contributed by atoms with Crippen LogP contribution in [-0.4, -0.2) is 47.8 Å². The second-order valence-electron chi connectivity index (χ2n) is 5.58. The molecule has 3 rings (SSSR count). The molecule has 0 bridgehead atoms. The lowest BCUT2D eigenvalue weighted by Gasteiger charge is -2.30. The van der Waals surface area contributed by atoms with E-state index < -0.39 is 0 Å². The zero-order valence-electron chi connectivity index (χ0n) is 12.9. The zero-order valence-corrected chi connectivity index (χ0v) is 14.5. The van der Waals surface area contributed by atoms with Gasteiger partial charge >= 0.3 is 0 Å². The minimum Gasteiger partial charge on any atom is -0.375 e. The van der Waals surface area contributed by atoms with Crippen LogP contribution >= 0.6 is 15.9 Å². The van der Waals surface area contributed by atoms with E-state index in [2.05, 4.69) is 26.1 Å². The molecule has 1 aliphatic heterocycles. The van der Waals surface area contributed by atoms with E-state index in [1.807, 2.05) is 24.3 Å². The molecule has 1 saturated heterocycles. The van der Waals surface area contributed by atoms with Gasteiger partial charge in [-0.05, 0) is 37.1 Å². The number of aromatic nitrogens is 2. The highest BCUT2D eigenvalue weighted by Gasteiger charge is 2.28. The second-order valence-corrected chi connectivity index (χ2v) is 6.49. The van der Waals surface area contributed by atoms with Gasteiger partial charge in [0.05, 0.1) is 5.92 Å². The van der Waals surface area contributed by atoms with E-state index in [0.717, 1.165) is 29.4 Å². The minimum absolute atomic E-state index is 0.00449. The number of piperidine rings is 1. The molecule has 2 heterocycles. The number of ether oxygens (including phenoxy) is 1. The summed E-state index contributed by atoms with van der Waals surface area (Å²) in [4.78, 5) is 18.3. The number of amides is 1. The Kier molecular flexibility index (Phi) is 5.07. The summed E-state index contributed by atoms with van der Waals surface area (Å²) >= 11 is 3.41. The van der Waals surface area contributed by atoms with Gasteiger partial charge in [0.1, 0.15) is 6.61 Å². The molecule has 2 aromatic rings. The van der Waals surface area contributed by atoms with Crippen LogP contribution in [-0.2, 0) is 9.53 Å². The molecule has 1 unspecified atom stereocenters. The van der Waals surface area contributed by atoms with Crippen molar-refractivity contribution in [3.63, 3.8) is 0 Å². The molecule has 1 aromatic heterocycles. The molecule has 1 amide bonds. The number of rotatable bonds is 4. The maximum absolute atomic E-state index is 12.0. The predicted molar refractivity (Wildman–Crippen MR) is 87.9 cm³/mol. The Labute approximate surface area is 142 Å². The summed E-state index contributed by atoms with van der Waals surface area (Å²) in [6.07, 6.45) is 1.87. The van der Waals surface area contributed by atoms with Crippen LogP contribution < -0.4 is 0 Å². The van der Waals surface area contributed by atoms with Gasteiger partial charge in [-0.3, -0.25) is 4.79 Å². The molecule has 0 radical (unpaired) electrons. The summed E-state index contributed by atoms with van der Waals surface area (Å²) in [5.74, 6) is 1.26. The van der Waals surface area contributed by atoms with Crippen LogP contribution in [0.25, 0.3) is 11.4 Å². The minimum atomic E-state index is 0.00449. The van der Waals surface area contributed by atoms with Crippen LogP contribution in [0.5, 0.6) is 0 Å². The molecule has 23 heavy (non-hydrogen) atoms. The first kappa shape index (κ1) is 16.1. The van der Waals surface area contributed by atoms with Crippen molar-refractivity contribution in [1.82, 2.24) is 15.0 Å². The summed E-state index contributed by atoms with van der Waals surface area (Å²) in [5.41, 5.74) is 0.909. The van der Waals surface area contributed by atoms with Gasteiger partial charge in [0, 0.05) is 30.2 Å². The van der Waals surface area contributed by atoms with E-state index in [1.165, 1.54) is 7.11 Å². The number of nitrogens with zero attached hydrogens (tertiary/aromatic N) is 3. The molecule has 0 N–H and O–H groups in total. The maximum atomic E-state index is 12.0. The third-order valence-electron chi connectivity index (χ3n) is 3.94. The molecule has 0 aliphatic carbocycles. The fourth-order valence-electron chi connectivity index (χ4n) is 2.74. The van der Waals surface area contributed by atoms with Crippen molar-refractivity contribution >= 4 is 21.8 Å². The van der Waals surface area contributed by atoms with E-state index >= 15 is 0 Å².